The molecule has 1 unspecified atom stereocenters. The summed E-state index contributed by atoms with van der Waals surface area (Å²) in [7, 11) is 0. The highest BCUT2D eigenvalue weighted by Gasteiger charge is 2.25. The number of hydrogen-bond acceptors (Lipinski definition) is 3. The minimum absolute atomic E-state index is 0.294. The van der Waals surface area contributed by atoms with Gasteiger partial charge in [-0.2, -0.15) is 0 Å². The maximum atomic E-state index is 8.99. The molecule has 1 aromatic carbocycles. The van der Waals surface area contributed by atoms with E-state index in [9.17, 15) is 0 Å². The van der Waals surface area contributed by atoms with Gasteiger partial charge in [-0.15, -0.1) is 0 Å². The van der Waals surface area contributed by atoms with Gasteiger partial charge in [0.1, 0.15) is 0 Å². The van der Waals surface area contributed by atoms with Crippen molar-refractivity contribution >= 4 is 5.69 Å². The van der Waals surface area contributed by atoms with Crippen molar-refractivity contribution in [2.24, 2.45) is 5.73 Å². The second kappa shape index (κ2) is 6.21. The van der Waals surface area contributed by atoms with Crippen LogP contribution in [0.15, 0.2) is 18.2 Å². The molecule has 100 valence electrons. The van der Waals surface area contributed by atoms with Crippen LogP contribution in [0.4, 0.5) is 5.69 Å². The molecule has 0 spiro atoms. The van der Waals surface area contributed by atoms with Crippen LogP contribution in [0, 0.1) is 6.92 Å². The van der Waals surface area contributed by atoms with Crippen molar-refractivity contribution in [3.63, 3.8) is 0 Å². The van der Waals surface area contributed by atoms with Crippen LogP contribution in [0.5, 0.6) is 0 Å². The smallest absolute Gasteiger partial charge is 0.0431 e. The molecule has 0 aromatic heterocycles. The summed E-state index contributed by atoms with van der Waals surface area (Å²) in [5, 5.41) is 8.99. The molecule has 0 amide bonds. The Morgan fingerprint density at radius 1 is 1.44 bits per heavy atom. The highest BCUT2D eigenvalue weighted by atomic mass is 16.2. The third kappa shape index (κ3) is 2.85. The molecular weight excluding hydrogens is 224 g/mol. The molecule has 1 fully saturated rings. The van der Waals surface area contributed by atoms with Gasteiger partial charge in [-0.1, -0.05) is 12.1 Å². The van der Waals surface area contributed by atoms with Crippen molar-refractivity contribution < 1.29 is 5.11 Å². The van der Waals surface area contributed by atoms with Crippen molar-refractivity contribution in [2.45, 2.75) is 45.2 Å². The summed E-state index contributed by atoms with van der Waals surface area (Å²) in [6, 6.07) is 7.10. The lowest BCUT2D eigenvalue weighted by molar-refractivity contribution is 0.279. The van der Waals surface area contributed by atoms with Gasteiger partial charge in [0.05, 0.1) is 0 Å². The van der Waals surface area contributed by atoms with Gasteiger partial charge >= 0.3 is 0 Å². The lowest BCUT2D eigenvalue weighted by Gasteiger charge is -2.29. The SMILES string of the molecule is Cc1ccc(CN)c(N2CCCC2CCCO)c1. The van der Waals surface area contributed by atoms with E-state index < -0.39 is 0 Å². The predicted molar refractivity (Wildman–Crippen MR) is 75.8 cm³/mol. The highest BCUT2D eigenvalue weighted by molar-refractivity contribution is 5.57. The van der Waals surface area contributed by atoms with E-state index in [0.717, 1.165) is 19.4 Å². The van der Waals surface area contributed by atoms with Crippen molar-refractivity contribution in [3.8, 4) is 0 Å². The first-order chi connectivity index (χ1) is 8.76. The zero-order valence-electron chi connectivity index (χ0n) is 11.2. The summed E-state index contributed by atoms with van der Waals surface area (Å²) in [6.45, 7) is 4.13. The Kier molecular flexibility index (Phi) is 4.61. The molecule has 1 aromatic rings. The van der Waals surface area contributed by atoms with E-state index in [-0.39, 0.29) is 0 Å². The van der Waals surface area contributed by atoms with Crippen LogP contribution >= 0.6 is 0 Å². The van der Waals surface area contributed by atoms with Crippen LogP contribution in [0.2, 0.25) is 0 Å². The zero-order chi connectivity index (χ0) is 13.0. The number of nitrogens with two attached hydrogens (primary N) is 1. The van der Waals surface area contributed by atoms with E-state index >= 15 is 0 Å². The molecule has 3 heteroatoms. The maximum Gasteiger partial charge on any atom is 0.0431 e. The van der Waals surface area contributed by atoms with Gasteiger partial charge in [0.25, 0.3) is 0 Å². The average molecular weight is 248 g/mol. The average Bonchev–Trinajstić information content (AvgIpc) is 2.84. The Hall–Kier alpha value is -1.06. The van der Waals surface area contributed by atoms with Crippen LogP contribution in [0.3, 0.4) is 0 Å². The Morgan fingerprint density at radius 2 is 2.28 bits per heavy atom. The first-order valence-electron chi connectivity index (χ1n) is 6.93. The van der Waals surface area contributed by atoms with Crippen LogP contribution in [0.25, 0.3) is 0 Å². The zero-order valence-corrected chi connectivity index (χ0v) is 11.2. The molecule has 0 aliphatic carbocycles. The van der Waals surface area contributed by atoms with E-state index in [1.165, 1.54) is 29.7 Å². The van der Waals surface area contributed by atoms with Crippen molar-refractivity contribution in [1.82, 2.24) is 0 Å². The normalized spacial score (nSPS) is 19.5. The number of nitrogens with zero attached hydrogens (tertiary/aromatic N) is 1. The van der Waals surface area contributed by atoms with Crippen molar-refractivity contribution in [2.75, 3.05) is 18.1 Å². The third-order valence-electron chi connectivity index (χ3n) is 3.84. The number of hydrogen-bond donors (Lipinski definition) is 2. The molecule has 1 aliphatic heterocycles. The number of rotatable bonds is 5. The van der Waals surface area contributed by atoms with Gasteiger partial charge in [-0.25, -0.2) is 0 Å². The maximum absolute atomic E-state index is 8.99. The minimum atomic E-state index is 0.294. The molecule has 3 nitrogen and oxygen atoms in total. The number of anilines is 1. The lowest BCUT2D eigenvalue weighted by atomic mass is 10.1. The summed E-state index contributed by atoms with van der Waals surface area (Å²) < 4.78 is 0. The van der Waals surface area contributed by atoms with Gasteiger partial charge in [0, 0.05) is 31.4 Å². The van der Waals surface area contributed by atoms with Crippen molar-refractivity contribution in [3.05, 3.63) is 29.3 Å². The van der Waals surface area contributed by atoms with Gasteiger partial charge in [0.2, 0.25) is 0 Å². The Balaban J connectivity index is 2.20. The molecule has 18 heavy (non-hydrogen) atoms. The van der Waals surface area contributed by atoms with Gasteiger partial charge < -0.3 is 15.7 Å². The molecule has 3 N–H and O–H groups in total. The van der Waals surface area contributed by atoms with E-state index in [1.54, 1.807) is 0 Å². The summed E-state index contributed by atoms with van der Waals surface area (Å²) in [5.41, 5.74) is 9.67. The number of benzene rings is 1. The Morgan fingerprint density at radius 3 is 3.00 bits per heavy atom. The molecule has 1 atom stereocenters. The number of aliphatic hydroxyl groups excluding tert-OH is 1. The summed E-state index contributed by atoms with van der Waals surface area (Å²) in [5.74, 6) is 0. The molecule has 0 saturated carbocycles. The standard InChI is InChI=1S/C15H24N2O/c1-12-6-7-13(11-16)15(10-12)17-8-2-4-14(17)5-3-9-18/h6-7,10,14,18H,2-5,8-9,11,16H2,1H3. The van der Waals surface area contributed by atoms with E-state index in [0.29, 0.717) is 19.2 Å². The lowest BCUT2D eigenvalue weighted by Crippen LogP contribution is -2.30. The fraction of sp³-hybridized carbons (Fsp3) is 0.600. The number of aliphatic hydroxyl groups is 1. The second-order valence-corrected chi connectivity index (χ2v) is 5.19. The second-order valence-electron chi connectivity index (χ2n) is 5.19. The molecular formula is C15H24N2O. The Bertz CT molecular complexity index is 392. The van der Waals surface area contributed by atoms with Gasteiger partial charge in [-0.3, -0.25) is 0 Å². The van der Waals surface area contributed by atoms with Gasteiger partial charge in [-0.05, 0) is 49.8 Å². The van der Waals surface area contributed by atoms with E-state index in [1.807, 2.05) is 0 Å². The highest BCUT2D eigenvalue weighted by Crippen LogP contribution is 2.31. The summed E-state index contributed by atoms with van der Waals surface area (Å²) in [4.78, 5) is 2.49. The molecule has 1 aliphatic rings. The molecule has 1 saturated heterocycles. The van der Waals surface area contributed by atoms with Crippen LogP contribution in [-0.4, -0.2) is 24.3 Å². The van der Waals surface area contributed by atoms with E-state index in [2.05, 4.69) is 30.0 Å². The predicted octanol–water partition coefficient (Wildman–Crippen LogP) is 2.20. The molecule has 1 heterocycles. The molecule has 0 radical (unpaired) electrons. The largest absolute Gasteiger partial charge is 0.396 e. The monoisotopic (exact) mass is 248 g/mol. The fourth-order valence-electron chi connectivity index (χ4n) is 2.89. The first kappa shape index (κ1) is 13.4. The molecule has 0 bridgehead atoms. The minimum Gasteiger partial charge on any atom is -0.396 e. The fourth-order valence-corrected chi connectivity index (χ4v) is 2.89. The molecule has 2 rings (SSSR count). The summed E-state index contributed by atoms with van der Waals surface area (Å²) in [6.07, 6.45) is 4.45. The topological polar surface area (TPSA) is 49.5 Å². The van der Waals surface area contributed by atoms with Crippen LogP contribution in [-0.2, 0) is 6.54 Å². The first-order valence-corrected chi connectivity index (χ1v) is 6.93. The van der Waals surface area contributed by atoms with Crippen LogP contribution < -0.4 is 10.6 Å². The Labute approximate surface area is 110 Å². The number of aryl methyl sites for hydroxylation is 1. The third-order valence-corrected chi connectivity index (χ3v) is 3.84. The van der Waals surface area contributed by atoms with Gasteiger partial charge in [0.15, 0.2) is 0 Å². The van der Waals surface area contributed by atoms with Crippen molar-refractivity contribution in [1.29, 1.82) is 0 Å². The van der Waals surface area contributed by atoms with Crippen LogP contribution in [0.1, 0.15) is 36.8 Å². The quantitative estimate of drug-likeness (QED) is 0.840. The van der Waals surface area contributed by atoms with E-state index in [4.69, 9.17) is 10.8 Å². The summed E-state index contributed by atoms with van der Waals surface area (Å²) >= 11 is 0.